The fraction of sp³-hybridized carbons (Fsp3) is 0.895. The van der Waals surface area contributed by atoms with Crippen molar-refractivity contribution in [3.63, 3.8) is 0 Å². The van der Waals surface area contributed by atoms with Crippen molar-refractivity contribution in [3.8, 4) is 0 Å². The lowest BCUT2D eigenvalue weighted by molar-refractivity contribution is 0.273. The van der Waals surface area contributed by atoms with Crippen LogP contribution in [0.4, 0.5) is 0 Å². The van der Waals surface area contributed by atoms with Crippen LogP contribution in [0.2, 0.25) is 18.1 Å². The van der Waals surface area contributed by atoms with Crippen molar-refractivity contribution in [2.45, 2.75) is 109 Å². The first-order chi connectivity index (χ1) is 10.3. The Morgan fingerprint density at radius 2 is 1.65 bits per heavy atom. The number of rotatable bonds is 8. The summed E-state index contributed by atoms with van der Waals surface area (Å²) in [5.41, 5.74) is 0.130. The molecule has 0 saturated carbocycles. The topological polar surface area (TPSA) is 34.3 Å². The predicted molar refractivity (Wildman–Crippen MR) is 98.1 cm³/mol. The van der Waals surface area contributed by atoms with E-state index in [0.717, 1.165) is 31.4 Å². The molecule has 0 spiro atoms. The van der Waals surface area contributed by atoms with Crippen LogP contribution in [-0.4, -0.2) is 31.7 Å². The van der Waals surface area contributed by atoms with Gasteiger partial charge in [0.25, 0.3) is 0 Å². The summed E-state index contributed by atoms with van der Waals surface area (Å²) in [4.78, 5) is 0. The van der Waals surface area contributed by atoms with Crippen LogP contribution in [0.15, 0.2) is 12.3 Å². The summed E-state index contributed by atoms with van der Waals surface area (Å²) in [7, 11) is -1.75. The zero-order valence-corrected chi connectivity index (χ0v) is 17.4. The van der Waals surface area contributed by atoms with Crippen LogP contribution in [0.25, 0.3) is 0 Å². The van der Waals surface area contributed by atoms with Gasteiger partial charge in [-0.3, -0.25) is 0 Å². The minimum absolute atomic E-state index is 0.0410. The van der Waals surface area contributed by atoms with E-state index in [9.17, 15) is 0 Å². The van der Waals surface area contributed by atoms with E-state index in [1.54, 1.807) is 0 Å². The molecule has 4 heteroatoms. The van der Waals surface area contributed by atoms with Crippen molar-refractivity contribution < 1.29 is 13.9 Å². The van der Waals surface area contributed by atoms with Gasteiger partial charge < -0.3 is 13.9 Å². The molecule has 3 nitrogen and oxygen atoms in total. The standard InChI is InChI=1S/C19H36O3Si/c1-14(22-23(8,9)17(2,3)4)10-11-16-19(7,21-16)13-12-15-18(5,6)20-15/h15-16H,1,10-13H2,2-9H3/t15-,16+,19+/m1/s1. The van der Waals surface area contributed by atoms with E-state index in [1.165, 1.54) is 0 Å². The Hall–Kier alpha value is -0.323. The quantitative estimate of drug-likeness (QED) is 0.336. The smallest absolute Gasteiger partial charge is 0.250 e. The normalized spacial score (nSPS) is 32.5. The van der Waals surface area contributed by atoms with Crippen LogP contribution in [0.5, 0.6) is 0 Å². The van der Waals surface area contributed by atoms with Gasteiger partial charge in [-0.05, 0) is 58.2 Å². The highest BCUT2D eigenvalue weighted by Crippen LogP contribution is 2.47. The summed E-state index contributed by atoms with van der Waals surface area (Å²) in [5.74, 6) is 0.932. The van der Waals surface area contributed by atoms with Crippen LogP contribution in [0, 0.1) is 0 Å². The van der Waals surface area contributed by atoms with E-state index < -0.39 is 8.32 Å². The molecule has 23 heavy (non-hydrogen) atoms. The molecule has 2 rings (SSSR count). The molecule has 0 aromatic carbocycles. The third-order valence-corrected chi connectivity index (χ3v) is 10.4. The molecule has 2 aliphatic rings. The van der Waals surface area contributed by atoms with Crippen molar-refractivity contribution in [1.29, 1.82) is 0 Å². The zero-order chi connectivity index (χ0) is 17.7. The second kappa shape index (κ2) is 5.89. The maximum absolute atomic E-state index is 6.25. The lowest BCUT2D eigenvalue weighted by Crippen LogP contribution is -2.40. The van der Waals surface area contributed by atoms with E-state index in [2.05, 4.69) is 61.2 Å². The van der Waals surface area contributed by atoms with E-state index >= 15 is 0 Å². The molecule has 0 unspecified atom stereocenters. The Morgan fingerprint density at radius 1 is 1.09 bits per heavy atom. The van der Waals surface area contributed by atoms with Crippen molar-refractivity contribution in [2.24, 2.45) is 0 Å². The van der Waals surface area contributed by atoms with Gasteiger partial charge in [-0.2, -0.15) is 0 Å². The Kier molecular flexibility index (Phi) is 4.87. The molecule has 0 bridgehead atoms. The second-order valence-electron chi connectivity index (χ2n) is 9.61. The van der Waals surface area contributed by atoms with Gasteiger partial charge >= 0.3 is 0 Å². The van der Waals surface area contributed by atoms with E-state index in [0.29, 0.717) is 12.2 Å². The molecule has 0 aliphatic carbocycles. The van der Waals surface area contributed by atoms with Crippen LogP contribution in [0.3, 0.4) is 0 Å². The fourth-order valence-electron chi connectivity index (χ4n) is 2.89. The number of hydrogen-bond donors (Lipinski definition) is 0. The molecule has 2 fully saturated rings. The molecule has 2 aliphatic heterocycles. The number of ether oxygens (including phenoxy) is 2. The Balaban J connectivity index is 1.68. The first kappa shape index (κ1) is 19.0. The molecular formula is C19H36O3Si. The first-order valence-corrected chi connectivity index (χ1v) is 11.9. The van der Waals surface area contributed by atoms with Gasteiger partial charge in [0.05, 0.1) is 29.2 Å². The second-order valence-corrected chi connectivity index (χ2v) is 14.3. The molecular weight excluding hydrogens is 304 g/mol. The average molecular weight is 341 g/mol. The largest absolute Gasteiger partial charge is 0.547 e. The predicted octanol–water partition coefficient (Wildman–Crippen LogP) is 5.42. The van der Waals surface area contributed by atoms with Gasteiger partial charge in [0.15, 0.2) is 0 Å². The number of hydrogen-bond acceptors (Lipinski definition) is 3. The average Bonchev–Trinajstić information content (AvgIpc) is 3.19. The summed E-state index contributed by atoms with van der Waals surface area (Å²) < 4.78 is 17.9. The van der Waals surface area contributed by atoms with Crippen molar-refractivity contribution >= 4 is 8.32 Å². The summed E-state index contributed by atoms with van der Waals surface area (Å²) in [6, 6.07) is 0. The Bertz CT molecular complexity index is 464. The summed E-state index contributed by atoms with van der Waals surface area (Å²) in [6.45, 7) is 22.0. The summed E-state index contributed by atoms with van der Waals surface area (Å²) in [5, 5.41) is 0.220. The molecule has 0 N–H and O–H groups in total. The maximum atomic E-state index is 6.25. The lowest BCUT2D eigenvalue weighted by Gasteiger charge is -2.37. The van der Waals surface area contributed by atoms with Gasteiger partial charge in [-0.1, -0.05) is 27.4 Å². The summed E-state index contributed by atoms with van der Waals surface area (Å²) in [6.07, 6.45) is 4.87. The minimum atomic E-state index is -1.75. The van der Waals surface area contributed by atoms with Gasteiger partial charge in [0, 0.05) is 6.42 Å². The van der Waals surface area contributed by atoms with Gasteiger partial charge in [-0.15, -0.1) is 0 Å². The third-order valence-electron chi connectivity index (χ3n) is 5.99. The molecule has 0 radical (unpaired) electrons. The van der Waals surface area contributed by atoms with Gasteiger partial charge in [0.1, 0.15) is 0 Å². The van der Waals surface area contributed by atoms with Crippen molar-refractivity contribution in [3.05, 3.63) is 12.3 Å². The van der Waals surface area contributed by atoms with E-state index in [-0.39, 0.29) is 16.2 Å². The third kappa shape index (κ3) is 4.61. The monoisotopic (exact) mass is 340 g/mol. The molecule has 3 atom stereocenters. The highest BCUT2D eigenvalue weighted by Gasteiger charge is 2.54. The van der Waals surface area contributed by atoms with Crippen LogP contribution < -0.4 is 0 Å². The Morgan fingerprint density at radius 3 is 2.13 bits per heavy atom. The molecule has 2 heterocycles. The first-order valence-electron chi connectivity index (χ1n) is 8.99. The highest BCUT2D eigenvalue weighted by atomic mass is 28.4. The van der Waals surface area contributed by atoms with E-state index in [1.807, 2.05) is 0 Å². The maximum Gasteiger partial charge on any atom is 0.250 e. The van der Waals surface area contributed by atoms with E-state index in [4.69, 9.17) is 13.9 Å². The molecule has 0 aromatic heterocycles. The van der Waals surface area contributed by atoms with Gasteiger partial charge in [0.2, 0.25) is 8.32 Å². The molecule has 0 aromatic rings. The SMILES string of the molecule is C=C(CC[C@@H]1O[C@@]1(C)CC[C@H]1OC1(C)C)O[Si](C)(C)C(C)(C)C. The van der Waals surface area contributed by atoms with Crippen LogP contribution in [0.1, 0.15) is 67.2 Å². The highest BCUT2D eigenvalue weighted by molar-refractivity contribution is 6.74. The lowest BCUT2D eigenvalue weighted by atomic mass is 9.95. The minimum Gasteiger partial charge on any atom is -0.547 e. The van der Waals surface area contributed by atoms with Crippen molar-refractivity contribution in [1.82, 2.24) is 0 Å². The molecule has 0 amide bonds. The van der Waals surface area contributed by atoms with Crippen LogP contribution >= 0.6 is 0 Å². The van der Waals surface area contributed by atoms with Gasteiger partial charge in [-0.25, -0.2) is 0 Å². The van der Waals surface area contributed by atoms with Crippen LogP contribution in [-0.2, 0) is 13.9 Å². The number of allylic oxidation sites excluding steroid dienone is 1. The molecule has 134 valence electrons. The Labute approximate surface area is 143 Å². The molecule has 2 saturated heterocycles. The van der Waals surface area contributed by atoms with Crippen molar-refractivity contribution in [2.75, 3.05) is 0 Å². The fourth-order valence-corrected chi connectivity index (χ4v) is 4.02. The number of epoxide rings is 2. The zero-order valence-electron chi connectivity index (χ0n) is 16.4. The summed E-state index contributed by atoms with van der Waals surface area (Å²) >= 11 is 0.